The third kappa shape index (κ3) is 4.25. The van der Waals surface area contributed by atoms with Crippen molar-refractivity contribution in [3.8, 4) is 5.75 Å². The van der Waals surface area contributed by atoms with Crippen molar-refractivity contribution >= 4 is 23.4 Å². The predicted octanol–water partition coefficient (Wildman–Crippen LogP) is 0.593. The van der Waals surface area contributed by atoms with E-state index < -0.39 is 24.4 Å². The van der Waals surface area contributed by atoms with Gasteiger partial charge in [-0.25, -0.2) is 4.39 Å². The minimum absolute atomic E-state index is 0.0806. The van der Waals surface area contributed by atoms with E-state index in [0.717, 1.165) is 0 Å². The first-order valence-corrected chi connectivity index (χ1v) is 8.93. The quantitative estimate of drug-likeness (QED) is 0.795. The Kier molecular flexibility index (Phi) is 5.95. The number of carbonyl (C=O) groups excluding carboxylic acids is 2. The van der Waals surface area contributed by atoms with E-state index in [-0.39, 0.29) is 12.5 Å². The summed E-state index contributed by atoms with van der Waals surface area (Å²) >= 11 is 6.01. The predicted molar refractivity (Wildman–Crippen MR) is 94.5 cm³/mol. The highest BCUT2D eigenvalue weighted by molar-refractivity contribution is 6.32. The van der Waals surface area contributed by atoms with Crippen LogP contribution in [0.15, 0.2) is 24.3 Å². The SMILES string of the molecule is CC1NC(N2CCN(C(=O)COc3ccccc3Cl)CC2)NC(=O)C1F. The highest BCUT2D eigenvalue weighted by atomic mass is 35.5. The van der Waals surface area contributed by atoms with Gasteiger partial charge in [0.05, 0.1) is 5.02 Å². The molecule has 1 aromatic rings. The van der Waals surface area contributed by atoms with Gasteiger partial charge >= 0.3 is 0 Å². The normalized spacial score (nSPS) is 27.1. The number of nitrogens with zero attached hydrogens (tertiary/aromatic N) is 2. The van der Waals surface area contributed by atoms with Gasteiger partial charge in [0.15, 0.2) is 12.8 Å². The second-order valence-electron chi connectivity index (χ2n) is 6.40. The van der Waals surface area contributed by atoms with Crippen LogP contribution in [0.25, 0.3) is 0 Å². The number of piperazine rings is 1. The number of halogens is 2. The van der Waals surface area contributed by atoms with Gasteiger partial charge in [0.25, 0.3) is 11.8 Å². The maximum Gasteiger partial charge on any atom is 0.260 e. The number of carbonyl (C=O) groups is 2. The molecule has 2 saturated heterocycles. The lowest BCUT2D eigenvalue weighted by molar-refractivity contribution is -0.139. The number of hydrogen-bond donors (Lipinski definition) is 2. The van der Waals surface area contributed by atoms with Crippen molar-refractivity contribution in [3.63, 3.8) is 0 Å². The Labute approximate surface area is 156 Å². The van der Waals surface area contributed by atoms with Crippen molar-refractivity contribution in [1.29, 1.82) is 0 Å². The van der Waals surface area contributed by atoms with Gasteiger partial charge in [-0.05, 0) is 19.1 Å². The minimum atomic E-state index is -1.55. The third-order valence-corrected chi connectivity index (χ3v) is 4.92. The summed E-state index contributed by atoms with van der Waals surface area (Å²) in [5.74, 6) is -0.250. The van der Waals surface area contributed by atoms with Crippen molar-refractivity contribution < 1.29 is 18.7 Å². The molecule has 2 fully saturated rings. The molecule has 2 amide bonds. The summed E-state index contributed by atoms with van der Waals surface area (Å²) in [4.78, 5) is 27.6. The molecule has 7 nitrogen and oxygen atoms in total. The van der Waals surface area contributed by atoms with E-state index in [1.165, 1.54) is 0 Å². The number of para-hydroxylation sites is 1. The van der Waals surface area contributed by atoms with Gasteiger partial charge in [-0.15, -0.1) is 0 Å². The number of benzene rings is 1. The molecule has 26 heavy (non-hydrogen) atoms. The average molecular weight is 385 g/mol. The standard InChI is InChI=1S/C17H22ClFN4O3/c1-11-15(19)16(25)21-17(20-11)23-8-6-22(7-9-23)14(24)10-26-13-5-3-2-4-12(13)18/h2-5,11,15,17,20H,6-10H2,1H3,(H,21,25). The molecule has 2 N–H and O–H groups in total. The lowest BCUT2D eigenvalue weighted by Crippen LogP contribution is -2.69. The van der Waals surface area contributed by atoms with Gasteiger partial charge in [0.1, 0.15) is 12.0 Å². The molecule has 9 heteroatoms. The van der Waals surface area contributed by atoms with Gasteiger partial charge < -0.3 is 15.0 Å². The number of alkyl halides is 1. The van der Waals surface area contributed by atoms with E-state index in [1.807, 2.05) is 4.90 Å². The Balaban J connectivity index is 1.47. The second-order valence-corrected chi connectivity index (χ2v) is 6.81. The molecule has 2 aliphatic rings. The molecule has 0 saturated carbocycles. The maximum atomic E-state index is 13.6. The van der Waals surface area contributed by atoms with Crippen LogP contribution in [0.1, 0.15) is 6.92 Å². The van der Waals surface area contributed by atoms with Crippen LogP contribution in [-0.4, -0.2) is 72.9 Å². The molecular formula is C17H22ClFN4O3. The number of nitrogens with one attached hydrogen (secondary N) is 2. The number of hydrogen-bond acceptors (Lipinski definition) is 5. The minimum Gasteiger partial charge on any atom is -0.482 e. The van der Waals surface area contributed by atoms with Crippen LogP contribution in [0, 0.1) is 0 Å². The van der Waals surface area contributed by atoms with Crippen LogP contribution in [0.2, 0.25) is 5.02 Å². The highest BCUT2D eigenvalue weighted by Crippen LogP contribution is 2.23. The van der Waals surface area contributed by atoms with E-state index >= 15 is 0 Å². The van der Waals surface area contributed by atoms with Crippen molar-refractivity contribution in [2.45, 2.75) is 25.4 Å². The zero-order valence-corrected chi connectivity index (χ0v) is 15.2. The first kappa shape index (κ1) is 18.9. The van der Waals surface area contributed by atoms with Crippen molar-refractivity contribution in [3.05, 3.63) is 29.3 Å². The molecule has 0 aromatic heterocycles. The van der Waals surface area contributed by atoms with E-state index in [4.69, 9.17) is 16.3 Å². The average Bonchev–Trinajstić information content (AvgIpc) is 2.65. The number of amides is 2. The van der Waals surface area contributed by atoms with Crippen LogP contribution in [-0.2, 0) is 9.59 Å². The summed E-state index contributed by atoms with van der Waals surface area (Å²) in [5.41, 5.74) is 0. The molecule has 142 valence electrons. The van der Waals surface area contributed by atoms with Crippen LogP contribution < -0.4 is 15.4 Å². The summed E-state index contributed by atoms with van der Waals surface area (Å²) in [6, 6.07) is 6.45. The Morgan fingerprint density at radius 1 is 1.31 bits per heavy atom. The topological polar surface area (TPSA) is 73.9 Å². The van der Waals surface area contributed by atoms with Crippen LogP contribution in [0.3, 0.4) is 0 Å². The van der Waals surface area contributed by atoms with E-state index in [2.05, 4.69) is 10.6 Å². The third-order valence-electron chi connectivity index (χ3n) is 4.61. The summed E-state index contributed by atoms with van der Waals surface area (Å²) in [7, 11) is 0. The first-order chi connectivity index (χ1) is 12.5. The molecule has 1 aromatic carbocycles. The van der Waals surface area contributed by atoms with E-state index in [9.17, 15) is 14.0 Å². The van der Waals surface area contributed by atoms with Gasteiger partial charge in [-0.3, -0.25) is 19.8 Å². The van der Waals surface area contributed by atoms with Gasteiger partial charge in [-0.1, -0.05) is 23.7 Å². The largest absolute Gasteiger partial charge is 0.482 e. The summed E-state index contributed by atoms with van der Waals surface area (Å²) in [5, 5.41) is 6.12. The Morgan fingerprint density at radius 3 is 2.65 bits per heavy atom. The van der Waals surface area contributed by atoms with Gasteiger partial charge in [-0.2, -0.15) is 0 Å². The van der Waals surface area contributed by atoms with E-state index in [0.29, 0.717) is 37.0 Å². The molecule has 0 spiro atoms. The molecule has 0 radical (unpaired) electrons. The summed E-state index contributed by atoms with van der Waals surface area (Å²) < 4.78 is 19.1. The molecule has 3 rings (SSSR count). The first-order valence-electron chi connectivity index (χ1n) is 8.55. The smallest absolute Gasteiger partial charge is 0.260 e. The monoisotopic (exact) mass is 384 g/mol. The molecular weight excluding hydrogens is 363 g/mol. The maximum absolute atomic E-state index is 13.6. The Bertz CT molecular complexity index is 669. The second kappa shape index (κ2) is 8.20. The van der Waals surface area contributed by atoms with Crippen LogP contribution >= 0.6 is 11.6 Å². The van der Waals surface area contributed by atoms with Gasteiger partial charge in [0, 0.05) is 32.2 Å². The fourth-order valence-electron chi connectivity index (χ4n) is 3.04. The molecule has 2 aliphatic heterocycles. The summed E-state index contributed by atoms with van der Waals surface area (Å²) in [6.07, 6.45) is -1.96. The number of ether oxygens (including phenoxy) is 1. The van der Waals surface area contributed by atoms with Crippen LogP contribution in [0.4, 0.5) is 4.39 Å². The summed E-state index contributed by atoms with van der Waals surface area (Å²) in [6.45, 7) is 3.71. The lowest BCUT2D eigenvalue weighted by Gasteiger charge is -2.43. The Hall–Kier alpha value is -1.90. The molecule has 3 atom stereocenters. The number of rotatable bonds is 4. The molecule has 0 bridgehead atoms. The molecule has 2 heterocycles. The zero-order chi connectivity index (χ0) is 18.7. The fraction of sp³-hybridized carbons (Fsp3) is 0.529. The molecule has 3 unspecified atom stereocenters. The molecule has 0 aliphatic carbocycles. The van der Waals surface area contributed by atoms with E-state index in [1.54, 1.807) is 36.1 Å². The Morgan fingerprint density at radius 2 is 2.00 bits per heavy atom. The lowest BCUT2D eigenvalue weighted by atomic mass is 10.1. The van der Waals surface area contributed by atoms with Crippen molar-refractivity contribution in [2.24, 2.45) is 0 Å². The van der Waals surface area contributed by atoms with Crippen molar-refractivity contribution in [2.75, 3.05) is 32.8 Å². The fourth-order valence-corrected chi connectivity index (χ4v) is 3.23. The highest BCUT2D eigenvalue weighted by Gasteiger charge is 2.37. The van der Waals surface area contributed by atoms with Gasteiger partial charge in [0.2, 0.25) is 0 Å². The zero-order valence-electron chi connectivity index (χ0n) is 14.5. The van der Waals surface area contributed by atoms with Crippen LogP contribution in [0.5, 0.6) is 5.75 Å². The van der Waals surface area contributed by atoms with Crippen molar-refractivity contribution in [1.82, 2.24) is 20.4 Å².